The maximum Gasteiger partial charge on any atom is 0.231 e. The monoisotopic (exact) mass is 434 g/mol. The highest BCUT2D eigenvalue weighted by Crippen LogP contribution is 2.34. The van der Waals surface area contributed by atoms with Crippen molar-refractivity contribution in [3.8, 4) is 0 Å². The van der Waals surface area contributed by atoms with Crippen LogP contribution in [0.1, 0.15) is 30.5 Å². The predicted octanol–water partition coefficient (Wildman–Crippen LogP) is 4.27. The summed E-state index contributed by atoms with van der Waals surface area (Å²) < 4.78 is 5.99. The second-order valence-electron chi connectivity index (χ2n) is 9.02. The van der Waals surface area contributed by atoms with Crippen LogP contribution in [0.2, 0.25) is 0 Å². The average Bonchev–Trinajstić information content (AvgIpc) is 3.32. The van der Waals surface area contributed by atoms with Crippen LogP contribution >= 0.6 is 11.5 Å². The van der Waals surface area contributed by atoms with Gasteiger partial charge in [-0.15, -0.1) is 0 Å². The molecule has 0 radical (unpaired) electrons. The number of rotatable bonds is 5. The van der Waals surface area contributed by atoms with Crippen molar-refractivity contribution < 1.29 is 4.79 Å². The summed E-state index contributed by atoms with van der Waals surface area (Å²) in [6, 6.07) is 13.2. The Hall–Kier alpha value is -2.44. The third-order valence-electron chi connectivity index (χ3n) is 6.65. The van der Waals surface area contributed by atoms with Crippen LogP contribution in [0.4, 0.5) is 11.5 Å². The molecule has 0 saturated carbocycles. The molecule has 2 aliphatic rings. The lowest BCUT2D eigenvalue weighted by molar-refractivity contribution is -0.117. The Kier molecular flexibility index (Phi) is 5.44. The molecular formula is C25H30N4OS. The van der Waals surface area contributed by atoms with Crippen molar-refractivity contribution in [2.24, 2.45) is 0 Å². The first-order valence-corrected chi connectivity index (χ1v) is 12.0. The molecule has 2 aromatic carbocycles. The Bertz CT molecular complexity index is 1110. The van der Waals surface area contributed by atoms with Crippen molar-refractivity contribution in [1.82, 2.24) is 9.27 Å². The van der Waals surface area contributed by atoms with E-state index < -0.39 is 0 Å². The lowest BCUT2D eigenvalue weighted by Crippen LogP contribution is -2.47. The van der Waals surface area contributed by atoms with Gasteiger partial charge >= 0.3 is 0 Å². The second-order valence-corrected chi connectivity index (χ2v) is 9.83. The van der Waals surface area contributed by atoms with Gasteiger partial charge in [-0.25, -0.2) is 0 Å². The molecule has 1 amide bonds. The minimum Gasteiger partial charge on any atom is -0.353 e. The van der Waals surface area contributed by atoms with Gasteiger partial charge in [0, 0.05) is 49.8 Å². The minimum absolute atomic E-state index is 0.213. The smallest absolute Gasteiger partial charge is 0.231 e. The SMILES string of the molecule is Cc1cc2c(cc1CCN1CCN(c3nsc4ccccc34)CC1)CC(=O)N2C(C)C. The summed E-state index contributed by atoms with van der Waals surface area (Å²) in [5.74, 6) is 1.38. The van der Waals surface area contributed by atoms with Gasteiger partial charge in [-0.2, -0.15) is 4.37 Å². The molecule has 5 rings (SSSR count). The molecule has 162 valence electrons. The fraction of sp³-hybridized carbons (Fsp3) is 0.440. The van der Waals surface area contributed by atoms with Gasteiger partial charge in [0.15, 0.2) is 0 Å². The number of aromatic nitrogens is 1. The molecule has 6 heteroatoms. The number of fused-ring (bicyclic) bond motifs is 2. The number of piperazine rings is 1. The summed E-state index contributed by atoms with van der Waals surface area (Å²) in [7, 11) is 0. The van der Waals surface area contributed by atoms with Gasteiger partial charge in [-0.1, -0.05) is 18.2 Å². The van der Waals surface area contributed by atoms with E-state index in [0.29, 0.717) is 6.42 Å². The van der Waals surface area contributed by atoms with E-state index in [4.69, 9.17) is 4.37 Å². The number of amides is 1. The van der Waals surface area contributed by atoms with Crippen molar-refractivity contribution in [2.75, 3.05) is 42.5 Å². The fourth-order valence-corrected chi connectivity index (χ4v) is 5.73. The number of aryl methyl sites for hydroxylation is 1. The highest BCUT2D eigenvalue weighted by Gasteiger charge is 2.30. The molecule has 0 atom stereocenters. The molecule has 1 fully saturated rings. The summed E-state index contributed by atoms with van der Waals surface area (Å²) in [5.41, 5.74) is 4.99. The zero-order valence-electron chi connectivity index (χ0n) is 18.6. The number of benzene rings is 2. The molecule has 5 nitrogen and oxygen atoms in total. The molecule has 1 aromatic heterocycles. The number of hydrogen-bond donors (Lipinski definition) is 0. The number of carbonyl (C=O) groups is 1. The van der Waals surface area contributed by atoms with Gasteiger partial charge < -0.3 is 9.80 Å². The molecule has 3 heterocycles. The molecule has 1 saturated heterocycles. The summed E-state index contributed by atoms with van der Waals surface area (Å²) in [6.07, 6.45) is 1.58. The van der Waals surface area contributed by atoms with Gasteiger partial charge in [0.05, 0.1) is 11.1 Å². The van der Waals surface area contributed by atoms with Gasteiger partial charge in [-0.05, 0) is 73.6 Å². The first kappa shape index (κ1) is 20.5. The first-order chi connectivity index (χ1) is 15.0. The highest BCUT2D eigenvalue weighted by molar-refractivity contribution is 7.13. The molecule has 3 aromatic rings. The lowest BCUT2D eigenvalue weighted by atomic mass is 10.00. The Balaban J connectivity index is 1.21. The Morgan fingerprint density at radius 1 is 1.10 bits per heavy atom. The van der Waals surface area contributed by atoms with Crippen molar-refractivity contribution in [1.29, 1.82) is 0 Å². The first-order valence-electron chi connectivity index (χ1n) is 11.3. The van der Waals surface area contributed by atoms with Crippen LogP contribution in [0.15, 0.2) is 36.4 Å². The highest BCUT2D eigenvalue weighted by atomic mass is 32.1. The molecular weight excluding hydrogens is 404 g/mol. The van der Waals surface area contributed by atoms with Crippen LogP contribution in [0.25, 0.3) is 10.1 Å². The average molecular weight is 435 g/mol. The van der Waals surface area contributed by atoms with Gasteiger partial charge in [0.1, 0.15) is 5.82 Å². The molecule has 0 aliphatic carbocycles. The predicted molar refractivity (Wildman–Crippen MR) is 129 cm³/mol. The Labute approximate surface area is 188 Å². The quantitative estimate of drug-likeness (QED) is 0.601. The molecule has 0 unspecified atom stereocenters. The normalized spacial score (nSPS) is 17.2. The number of carbonyl (C=O) groups excluding carboxylic acids is 1. The third-order valence-corrected chi connectivity index (χ3v) is 7.47. The second kappa shape index (κ2) is 8.24. The Morgan fingerprint density at radius 2 is 1.87 bits per heavy atom. The van der Waals surface area contributed by atoms with E-state index in [1.165, 1.54) is 26.8 Å². The van der Waals surface area contributed by atoms with Crippen LogP contribution in [0.5, 0.6) is 0 Å². The topological polar surface area (TPSA) is 39.7 Å². The van der Waals surface area contributed by atoms with E-state index in [9.17, 15) is 4.79 Å². The van der Waals surface area contributed by atoms with Crippen LogP contribution < -0.4 is 9.80 Å². The summed E-state index contributed by atoms with van der Waals surface area (Å²) in [5, 5.41) is 1.28. The van der Waals surface area contributed by atoms with Crippen molar-refractivity contribution >= 4 is 39.0 Å². The standard InChI is InChI=1S/C25H30N4OS/c1-17(2)29-22-14-18(3)19(15-20(22)16-24(29)30)8-9-27-10-12-28(13-11-27)25-21-6-4-5-7-23(21)31-26-25/h4-7,14-15,17H,8-13,16H2,1-3H3. The maximum absolute atomic E-state index is 12.4. The summed E-state index contributed by atoms with van der Waals surface area (Å²) in [4.78, 5) is 19.4. The van der Waals surface area contributed by atoms with E-state index in [0.717, 1.165) is 50.6 Å². The largest absolute Gasteiger partial charge is 0.353 e. The van der Waals surface area contributed by atoms with Crippen molar-refractivity contribution in [3.05, 3.63) is 53.1 Å². The molecule has 0 N–H and O–H groups in total. The molecule has 31 heavy (non-hydrogen) atoms. The lowest BCUT2D eigenvalue weighted by Gasteiger charge is -2.35. The van der Waals surface area contributed by atoms with E-state index in [2.05, 4.69) is 67.0 Å². The van der Waals surface area contributed by atoms with E-state index in [1.54, 1.807) is 11.5 Å². The zero-order valence-corrected chi connectivity index (χ0v) is 19.4. The van der Waals surface area contributed by atoms with Crippen molar-refractivity contribution in [2.45, 2.75) is 39.7 Å². The van der Waals surface area contributed by atoms with E-state index >= 15 is 0 Å². The van der Waals surface area contributed by atoms with E-state index in [-0.39, 0.29) is 11.9 Å². The fourth-order valence-electron chi connectivity index (χ4n) is 4.93. The van der Waals surface area contributed by atoms with Crippen LogP contribution in [-0.4, -0.2) is 53.9 Å². The van der Waals surface area contributed by atoms with Crippen molar-refractivity contribution in [3.63, 3.8) is 0 Å². The van der Waals surface area contributed by atoms with E-state index in [1.807, 2.05) is 4.90 Å². The zero-order chi connectivity index (χ0) is 21.5. The van der Waals surface area contributed by atoms with Gasteiger partial charge in [-0.3, -0.25) is 9.69 Å². The summed E-state index contributed by atoms with van der Waals surface area (Å²) in [6.45, 7) is 11.6. The molecule has 0 spiro atoms. The molecule has 2 aliphatic heterocycles. The minimum atomic E-state index is 0.213. The molecule has 0 bridgehead atoms. The van der Waals surface area contributed by atoms with Gasteiger partial charge in [0.2, 0.25) is 5.91 Å². The third kappa shape index (κ3) is 3.83. The van der Waals surface area contributed by atoms with Crippen LogP contribution in [0.3, 0.4) is 0 Å². The number of nitrogens with zero attached hydrogens (tertiary/aromatic N) is 4. The maximum atomic E-state index is 12.4. The number of anilines is 2. The van der Waals surface area contributed by atoms with Crippen LogP contribution in [0, 0.1) is 6.92 Å². The number of hydrogen-bond acceptors (Lipinski definition) is 5. The Morgan fingerprint density at radius 3 is 2.65 bits per heavy atom. The van der Waals surface area contributed by atoms with Gasteiger partial charge in [0.25, 0.3) is 0 Å². The van der Waals surface area contributed by atoms with Crippen LogP contribution in [-0.2, 0) is 17.6 Å². The summed E-state index contributed by atoms with van der Waals surface area (Å²) >= 11 is 1.60.